The molecule has 0 amide bonds. The predicted molar refractivity (Wildman–Crippen MR) is 77.6 cm³/mol. The van der Waals surface area contributed by atoms with Crippen molar-refractivity contribution in [2.24, 2.45) is 5.73 Å². The molecule has 0 bridgehead atoms. The molecule has 2 rings (SSSR count). The van der Waals surface area contributed by atoms with Crippen molar-refractivity contribution in [2.75, 3.05) is 6.54 Å². The zero-order valence-electron chi connectivity index (χ0n) is 11.9. The van der Waals surface area contributed by atoms with Gasteiger partial charge in [-0.2, -0.15) is 0 Å². The normalized spacial score (nSPS) is 18.9. The van der Waals surface area contributed by atoms with E-state index in [9.17, 15) is 0 Å². The molecule has 0 saturated heterocycles. The van der Waals surface area contributed by atoms with Gasteiger partial charge in [-0.15, -0.1) is 0 Å². The highest BCUT2D eigenvalue weighted by atomic mass is 15.2. The maximum atomic E-state index is 6.29. The van der Waals surface area contributed by atoms with Crippen LogP contribution in [0.25, 0.3) is 0 Å². The molecule has 0 spiro atoms. The zero-order valence-corrected chi connectivity index (χ0v) is 11.9. The quantitative estimate of drug-likeness (QED) is 0.835. The van der Waals surface area contributed by atoms with E-state index in [1.807, 2.05) is 0 Å². The number of nitrogens with two attached hydrogens (primary N) is 1. The second-order valence-electron chi connectivity index (χ2n) is 5.63. The van der Waals surface area contributed by atoms with Crippen molar-refractivity contribution in [3.63, 3.8) is 0 Å². The Balaban J connectivity index is 2.29. The summed E-state index contributed by atoms with van der Waals surface area (Å²) in [5, 5.41) is 0. The van der Waals surface area contributed by atoms with E-state index in [1.54, 1.807) is 0 Å². The van der Waals surface area contributed by atoms with Crippen LogP contribution >= 0.6 is 0 Å². The van der Waals surface area contributed by atoms with Gasteiger partial charge in [0.2, 0.25) is 0 Å². The van der Waals surface area contributed by atoms with E-state index in [4.69, 9.17) is 5.73 Å². The molecule has 100 valence electrons. The molecule has 0 aromatic heterocycles. The Morgan fingerprint density at radius 3 is 2.50 bits per heavy atom. The van der Waals surface area contributed by atoms with Gasteiger partial charge in [-0.1, -0.05) is 31.2 Å². The lowest BCUT2D eigenvalue weighted by Gasteiger charge is -2.35. The van der Waals surface area contributed by atoms with Crippen molar-refractivity contribution >= 4 is 0 Å². The lowest BCUT2D eigenvalue weighted by Crippen LogP contribution is -2.41. The van der Waals surface area contributed by atoms with Crippen molar-refractivity contribution in [2.45, 2.75) is 58.2 Å². The summed E-state index contributed by atoms with van der Waals surface area (Å²) in [4.78, 5) is 2.63. The van der Waals surface area contributed by atoms with E-state index in [2.05, 4.69) is 49.9 Å². The molecule has 1 saturated carbocycles. The van der Waals surface area contributed by atoms with Crippen LogP contribution in [0.4, 0.5) is 0 Å². The summed E-state index contributed by atoms with van der Waals surface area (Å²) < 4.78 is 0. The molecule has 1 aliphatic rings. The fourth-order valence-corrected chi connectivity index (χ4v) is 2.90. The van der Waals surface area contributed by atoms with Gasteiger partial charge in [-0.05, 0) is 50.8 Å². The zero-order chi connectivity index (χ0) is 13.1. The highest BCUT2D eigenvalue weighted by Gasteiger charge is 2.35. The molecular formula is C16H26N2. The van der Waals surface area contributed by atoms with E-state index in [-0.39, 0.29) is 6.04 Å². The van der Waals surface area contributed by atoms with Gasteiger partial charge in [0.15, 0.2) is 0 Å². The fraction of sp³-hybridized carbons (Fsp3) is 0.625. The largest absolute Gasteiger partial charge is 0.326 e. The third kappa shape index (κ3) is 2.93. The van der Waals surface area contributed by atoms with Gasteiger partial charge in [-0.25, -0.2) is 0 Å². The maximum absolute atomic E-state index is 6.29. The average molecular weight is 246 g/mol. The summed E-state index contributed by atoms with van der Waals surface area (Å²) in [5.41, 5.74) is 9.07. The van der Waals surface area contributed by atoms with E-state index in [0.717, 1.165) is 12.6 Å². The molecule has 1 fully saturated rings. The Labute approximate surface area is 111 Å². The number of hydrogen-bond donors (Lipinski definition) is 1. The van der Waals surface area contributed by atoms with Crippen LogP contribution in [-0.4, -0.2) is 23.5 Å². The molecule has 2 heteroatoms. The van der Waals surface area contributed by atoms with Crippen LogP contribution in [0.2, 0.25) is 0 Å². The van der Waals surface area contributed by atoms with Crippen LogP contribution < -0.4 is 5.73 Å². The third-order valence-corrected chi connectivity index (χ3v) is 3.86. The van der Waals surface area contributed by atoms with Gasteiger partial charge in [0.1, 0.15) is 0 Å². The van der Waals surface area contributed by atoms with Gasteiger partial charge in [0, 0.05) is 12.1 Å². The van der Waals surface area contributed by atoms with Gasteiger partial charge in [-0.3, -0.25) is 4.90 Å². The lowest BCUT2D eigenvalue weighted by molar-refractivity contribution is 0.166. The first kappa shape index (κ1) is 13.6. The molecule has 0 radical (unpaired) electrons. The van der Waals surface area contributed by atoms with Crippen LogP contribution in [0.1, 0.15) is 50.3 Å². The smallest absolute Gasteiger partial charge is 0.0501 e. The Hall–Kier alpha value is -0.860. The molecule has 2 unspecified atom stereocenters. The number of rotatable bonds is 6. The second kappa shape index (κ2) is 5.85. The minimum atomic E-state index is 0.179. The van der Waals surface area contributed by atoms with E-state index < -0.39 is 0 Å². The summed E-state index contributed by atoms with van der Waals surface area (Å²) in [5.74, 6) is 0. The predicted octanol–water partition coefficient (Wildman–Crippen LogP) is 3.26. The monoisotopic (exact) mass is 246 g/mol. The topological polar surface area (TPSA) is 29.3 Å². The molecule has 0 aliphatic heterocycles. The minimum Gasteiger partial charge on any atom is -0.326 e. The summed E-state index contributed by atoms with van der Waals surface area (Å²) >= 11 is 0. The van der Waals surface area contributed by atoms with Gasteiger partial charge < -0.3 is 5.73 Å². The van der Waals surface area contributed by atoms with Gasteiger partial charge in [0.05, 0.1) is 6.04 Å². The van der Waals surface area contributed by atoms with Crippen LogP contribution in [0.3, 0.4) is 0 Å². The second-order valence-corrected chi connectivity index (χ2v) is 5.63. The van der Waals surface area contributed by atoms with Gasteiger partial charge in [0.25, 0.3) is 0 Å². The lowest BCUT2D eigenvalue weighted by atomic mass is 9.94. The summed E-state index contributed by atoms with van der Waals surface area (Å²) in [6.07, 6.45) is 3.88. The Bertz CT molecular complexity index is 382. The highest BCUT2D eigenvalue weighted by Crippen LogP contribution is 2.36. The Kier molecular flexibility index (Phi) is 4.41. The maximum Gasteiger partial charge on any atom is 0.0501 e. The fourth-order valence-electron chi connectivity index (χ4n) is 2.90. The molecule has 1 aliphatic carbocycles. The van der Waals surface area contributed by atoms with Gasteiger partial charge >= 0.3 is 0 Å². The van der Waals surface area contributed by atoms with Crippen molar-refractivity contribution in [1.82, 2.24) is 4.90 Å². The first-order valence-corrected chi connectivity index (χ1v) is 7.22. The molecule has 2 atom stereocenters. The molecular weight excluding hydrogens is 220 g/mol. The first-order valence-electron chi connectivity index (χ1n) is 7.22. The molecule has 2 nitrogen and oxygen atoms in total. The van der Waals surface area contributed by atoms with E-state index >= 15 is 0 Å². The van der Waals surface area contributed by atoms with Crippen LogP contribution in [0.15, 0.2) is 24.3 Å². The number of nitrogens with zero attached hydrogens (tertiary/aromatic N) is 1. The standard InChI is InChI=1S/C16H26N2/c1-4-11-18(14-9-10-14)16(13(3)17)15-8-6-5-7-12(15)2/h5-8,13-14,16H,4,9-11,17H2,1-3H3. The summed E-state index contributed by atoms with van der Waals surface area (Å²) in [6, 6.07) is 10.0. The molecule has 0 heterocycles. The molecule has 1 aromatic carbocycles. The molecule has 2 N–H and O–H groups in total. The number of benzene rings is 1. The van der Waals surface area contributed by atoms with Crippen molar-refractivity contribution in [3.8, 4) is 0 Å². The van der Waals surface area contributed by atoms with Crippen molar-refractivity contribution in [3.05, 3.63) is 35.4 Å². The first-order chi connectivity index (χ1) is 8.65. The van der Waals surface area contributed by atoms with Crippen LogP contribution in [0.5, 0.6) is 0 Å². The SMILES string of the molecule is CCCN(C1CC1)C(c1ccccc1C)C(C)N. The minimum absolute atomic E-state index is 0.179. The highest BCUT2D eigenvalue weighted by molar-refractivity contribution is 5.30. The van der Waals surface area contributed by atoms with Crippen LogP contribution in [0, 0.1) is 6.92 Å². The number of aryl methyl sites for hydroxylation is 1. The summed E-state index contributed by atoms with van der Waals surface area (Å²) in [6.45, 7) is 7.75. The van der Waals surface area contributed by atoms with E-state index in [1.165, 1.54) is 30.4 Å². The van der Waals surface area contributed by atoms with Crippen LogP contribution in [-0.2, 0) is 0 Å². The van der Waals surface area contributed by atoms with Crippen molar-refractivity contribution < 1.29 is 0 Å². The number of hydrogen-bond acceptors (Lipinski definition) is 2. The Morgan fingerprint density at radius 2 is 2.00 bits per heavy atom. The third-order valence-electron chi connectivity index (χ3n) is 3.86. The van der Waals surface area contributed by atoms with E-state index in [0.29, 0.717) is 6.04 Å². The van der Waals surface area contributed by atoms with Crippen molar-refractivity contribution in [1.29, 1.82) is 0 Å². The molecule has 1 aromatic rings. The average Bonchev–Trinajstić information content (AvgIpc) is 3.14. The molecule has 18 heavy (non-hydrogen) atoms. The summed E-state index contributed by atoms with van der Waals surface area (Å²) in [7, 11) is 0. The Morgan fingerprint density at radius 1 is 1.33 bits per heavy atom.